The molecule has 1 saturated heterocycles. The van der Waals surface area contributed by atoms with E-state index in [2.05, 4.69) is 35.3 Å². The van der Waals surface area contributed by atoms with Crippen molar-refractivity contribution in [2.45, 2.75) is 20.4 Å². The van der Waals surface area contributed by atoms with Crippen LogP contribution in [0.2, 0.25) is 0 Å². The third-order valence-corrected chi connectivity index (χ3v) is 5.71. The highest BCUT2D eigenvalue weighted by molar-refractivity contribution is 5.86. The average molecular weight is 432 g/mol. The number of pyridine rings is 1. The summed E-state index contributed by atoms with van der Waals surface area (Å²) in [5.41, 5.74) is 4.77. The summed E-state index contributed by atoms with van der Waals surface area (Å²) in [7, 11) is 0. The van der Waals surface area contributed by atoms with Crippen LogP contribution >= 0.6 is 0 Å². The zero-order valence-corrected chi connectivity index (χ0v) is 18.0. The van der Waals surface area contributed by atoms with Gasteiger partial charge in [-0.2, -0.15) is 4.98 Å². The van der Waals surface area contributed by atoms with Gasteiger partial charge in [0.05, 0.1) is 11.0 Å². The second kappa shape index (κ2) is 8.39. The summed E-state index contributed by atoms with van der Waals surface area (Å²) in [6.07, 6.45) is 2.72. The first kappa shape index (κ1) is 20.1. The minimum atomic E-state index is 0.495. The number of carbonyl (C=O) groups is 1. The second-order valence-electron chi connectivity index (χ2n) is 7.96. The third kappa shape index (κ3) is 4.04. The normalized spacial score (nSPS) is 14.8. The van der Waals surface area contributed by atoms with Crippen molar-refractivity contribution in [3.8, 4) is 11.5 Å². The molecule has 0 aliphatic carbocycles. The van der Waals surface area contributed by atoms with Crippen molar-refractivity contribution in [3.63, 3.8) is 0 Å². The Morgan fingerprint density at radius 1 is 1.16 bits per heavy atom. The fourth-order valence-electron chi connectivity index (χ4n) is 3.96. The molecule has 0 spiro atoms. The number of hydrogen-bond donors (Lipinski definition) is 2. The number of fused-ring (bicyclic) bond motifs is 1. The van der Waals surface area contributed by atoms with Gasteiger partial charge >= 0.3 is 0 Å². The predicted molar refractivity (Wildman–Crippen MR) is 119 cm³/mol. The Morgan fingerprint density at radius 3 is 2.75 bits per heavy atom. The molecule has 1 aliphatic rings. The lowest BCUT2D eigenvalue weighted by molar-refractivity contribution is -0.119. The monoisotopic (exact) mass is 432 g/mol. The van der Waals surface area contributed by atoms with Gasteiger partial charge in [-0.3, -0.25) is 9.69 Å². The molecule has 0 saturated carbocycles. The number of amides is 1. The number of imidazole rings is 1. The highest BCUT2D eigenvalue weighted by Crippen LogP contribution is 2.29. The average Bonchev–Trinajstić information content (AvgIpc) is 3.41. The number of hydrogen-bond acceptors (Lipinski definition) is 8. The lowest BCUT2D eigenvalue weighted by atomic mass is 10.1. The number of carbonyl (C=O) groups excluding carboxylic acids is 1. The molecule has 1 amide bonds. The van der Waals surface area contributed by atoms with E-state index in [0.29, 0.717) is 17.7 Å². The molecule has 0 bridgehead atoms. The van der Waals surface area contributed by atoms with E-state index in [1.54, 1.807) is 13.1 Å². The summed E-state index contributed by atoms with van der Waals surface area (Å²) in [5.74, 6) is 2.43. The van der Waals surface area contributed by atoms with Gasteiger partial charge in [-0.15, -0.1) is 0 Å². The van der Waals surface area contributed by atoms with Crippen molar-refractivity contribution in [1.29, 1.82) is 0 Å². The number of anilines is 2. The van der Waals surface area contributed by atoms with Crippen LogP contribution in [0.4, 0.5) is 11.8 Å². The first-order chi connectivity index (χ1) is 15.6. The summed E-state index contributed by atoms with van der Waals surface area (Å²) >= 11 is 0. The van der Waals surface area contributed by atoms with Crippen LogP contribution < -0.4 is 5.32 Å². The lowest BCUT2D eigenvalue weighted by Crippen LogP contribution is -2.45. The summed E-state index contributed by atoms with van der Waals surface area (Å²) in [6.45, 7) is 7.89. The molecule has 10 heteroatoms. The van der Waals surface area contributed by atoms with Crippen LogP contribution in [0.3, 0.4) is 0 Å². The van der Waals surface area contributed by atoms with Gasteiger partial charge in [0.2, 0.25) is 12.4 Å². The van der Waals surface area contributed by atoms with Crippen molar-refractivity contribution in [2.75, 3.05) is 31.5 Å². The maximum absolute atomic E-state index is 10.9. The molecule has 5 rings (SSSR count). The minimum absolute atomic E-state index is 0.495. The highest BCUT2D eigenvalue weighted by atomic mass is 16.5. The van der Waals surface area contributed by atoms with Crippen molar-refractivity contribution in [1.82, 2.24) is 34.9 Å². The molecule has 32 heavy (non-hydrogen) atoms. The van der Waals surface area contributed by atoms with Crippen molar-refractivity contribution >= 4 is 29.2 Å². The quantitative estimate of drug-likeness (QED) is 0.447. The van der Waals surface area contributed by atoms with Crippen molar-refractivity contribution in [2.24, 2.45) is 0 Å². The molecule has 0 atom stereocenters. The van der Waals surface area contributed by atoms with E-state index in [-0.39, 0.29) is 0 Å². The predicted octanol–water partition coefficient (Wildman–Crippen LogP) is 2.64. The van der Waals surface area contributed by atoms with Crippen LogP contribution in [0.5, 0.6) is 0 Å². The molecular weight excluding hydrogens is 408 g/mol. The molecule has 1 fully saturated rings. The molecule has 10 nitrogen and oxygen atoms in total. The molecular formula is C22H24N8O2. The highest BCUT2D eigenvalue weighted by Gasteiger charge is 2.17. The van der Waals surface area contributed by atoms with Gasteiger partial charge in [-0.1, -0.05) is 5.16 Å². The van der Waals surface area contributed by atoms with Crippen molar-refractivity contribution < 1.29 is 9.32 Å². The maximum Gasteiger partial charge on any atom is 0.258 e. The fourth-order valence-corrected chi connectivity index (χ4v) is 3.96. The Hall–Kier alpha value is -3.79. The Labute approximate surface area is 184 Å². The van der Waals surface area contributed by atoms with Crippen LogP contribution in [0.25, 0.3) is 22.5 Å². The molecule has 164 valence electrons. The van der Waals surface area contributed by atoms with Crippen LogP contribution in [-0.4, -0.2) is 67.5 Å². The third-order valence-electron chi connectivity index (χ3n) is 5.71. The first-order valence-corrected chi connectivity index (χ1v) is 10.5. The van der Waals surface area contributed by atoms with Gasteiger partial charge in [0.1, 0.15) is 5.82 Å². The van der Waals surface area contributed by atoms with Gasteiger partial charge in [0, 0.05) is 44.5 Å². The van der Waals surface area contributed by atoms with Gasteiger partial charge in [-0.25, -0.2) is 9.97 Å². The van der Waals surface area contributed by atoms with E-state index >= 15 is 0 Å². The Balaban J connectivity index is 1.33. The van der Waals surface area contributed by atoms with E-state index < -0.39 is 0 Å². The van der Waals surface area contributed by atoms with Crippen LogP contribution in [-0.2, 0) is 11.3 Å². The molecule has 2 N–H and O–H groups in total. The number of aromatic amines is 1. The zero-order chi connectivity index (χ0) is 22.1. The minimum Gasteiger partial charge on any atom is -0.343 e. The van der Waals surface area contributed by atoms with E-state index in [4.69, 9.17) is 4.52 Å². The van der Waals surface area contributed by atoms with Crippen molar-refractivity contribution in [3.05, 3.63) is 47.4 Å². The Morgan fingerprint density at radius 2 is 2.00 bits per heavy atom. The van der Waals surface area contributed by atoms with Gasteiger partial charge in [0.25, 0.3) is 5.89 Å². The molecule has 0 radical (unpaired) electrons. The summed E-state index contributed by atoms with van der Waals surface area (Å²) in [4.78, 5) is 31.8. The number of aryl methyl sites for hydroxylation is 2. The smallest absolute Gasteiger partial charge is 0.258 e. The number of H-pyrrole nitrogens is 1. The molecule has 3 aromatic heterocycles. The molecule has 0 unspecified atom stereocenters. The number of aromatic nitrogens is 5. The molecule has 4 heterocycles. The van der Waals surface area contributed by atoms with Crippen LogP contribution in [0.15, 0.2) is 35.0 Å². The van der Waals surface area contributed by atoms with Crippen LogP contribution in [0, 0.1) is 13.8 Å². The number of rotatable bonds is 6. The number of nitrogens with one attached hydrogen (secondary N) is 2. The molecule has 1 aliphatic heterocycles. The number of nitrogens with zero attached hydrogens (tertiary/aromatic N) is 6. The summed E-state index contributed by atoms with van der Waals surface area (Å²) < 4.78 is 5.33. The Bertz CT molecular complexity index is 1260. The van der Waals surface area contributed by atoms with Gasteiger partial charge < -0.3 is 19.7 Å². The molecule has 1 aromatic carbocycles. The molecule has 4 aromatic rings. The van der Waals surface area contributed by atoms with E-state index in [0.717, 1.165) is 72.7 Å². The Kier molecular flexibility index (Phi) is 5.28. The van der Waals surface area contributed by atoms with E-state index in [1.165, 1.54) is 0 Å². The van der Waals surface area contributed by atoms with E-state index in [9.17, 15) is 4.79 Å². The maximum atomic E-state index is 10.9. The van der Waals surface area contributed by atoms with Crippen LogP contribution in [0.1, 0.15) is 17.0 Å². The topological polar surface area (TPSA) is 116 Å². The first-order valence-electron chi connectivity index (χ1n) is 10.5. The largest absolute Gasteiger partial charge is 0.343 e. The standard InChI is InChI=1S/C22H24N8O2/c1-14-17(21-24-15(2)28-32-21)3-4-18-20(14)27-22(25-18)26-19-11-16(5-6-23-19)12-29-7-9-30(13-31)10-8-29/h3-6,11,13H,7-10,12H2,1-2H3,(H2,23,25,26,27). The van der Waals surface area contributed by atoms with Gasteiger partial charge in [-0.05, 0) is 49.2 Å². The number of piperazine rings is 1. The number of benzene rings is 1. The second-order valence-corrected chi connectivity index (χ2v) is 7.96. The lowest BCUT2D eigenvalue weighted by Gasteiger charge is -2.32. The SMILES string of the molecule is Cc1noc(-c2ccc3nc(Nc4cc(CN5CCN(C=O)CC5)ccn4)[nH]c3c2C)n1. The van der Waals surface area contributed by atoms with E-state index in [1.807, 2.05) is 36.1 Å². The summed E-state index contributed by atoms with van der Waals surface area (Å²) in [6, 6.07) is 7.91. The van der Waals surface area contributed by atoms with Gasteiger partial charge in [0.15, 0.2) is 5.82 Å². The summed E-state index contributed by atoms with van der Waals surface area (Å²) in [5, 5.41) is 7.15. The fraction of sp³-hybridized carbons (Fsp3) is 0.318. The zero-order valence-electron chi connectivity index (χ0n) is 18.0.